The summed E-state index contributed by atoms with van der Waals surface area (Å²) in [6, 6.07) is 16.4. The van der Waals surface area contributed by atoms with E-state index in [9.17, 15) is 9.59 Å². The topological polar surface area (TPSA) is 81.4 Å². The smallest absolute Gasteiger partial charge is 0.248 e. The first-order valence-electron chi connectivity index (χ1n) is 7.48. The Bertz CT molecular complexity index is 639. The Morgan fingerprint density at radius 1 is 1.00 bits per heavy atom. The molecule has 2 aromatic carbocycles. The van der Waals surface area contributed by atoms with E-state index in [0.717, 1.165) is 11.3 Å². The molecule has 3 N–H and O–H groups in total. The Morgan fingerprint density at radius 3 is 2.35 bits per heavy atom. The first-order valence-corrected chi connectivity index (χ1v) is 7.48. The monoisotopic (exact) mass is 312 g/mol. The van der Waals surface area contributed by atoms with Crippen LogP contribution in [0, 0.1) is 0 Å². The van der Waals surface area contributed by atoms with Crippen molar-refractivity contribution in [1.82, 2.24) is 5.32 Å². The van der Waals surface area contributed by atoms with Gasteiger partial charge < -0.3 is 15.8 Å². The van der Waals surface area contributed by atoms with Gasteiger partial charge >= 0.3 is 0 Å². The number of hydrogen-bond acceptors (Lipinski definition) is 3. The van der Waals surface area contributed by atoms with Gasteiger partial charge in [0, 0.05) is 18.5 Å². The van der Waals surface area contributed by atoms with E-state index in [1.165, 1.54) is 0 Å². The van der Waals surface area contributed by atoms with Gasteiger partial charge in [0.1, 0.15) is 5.75 Å². The molecule has 0 bridgehead atoms. The predicted molar refractivity (Wildman–Crippen MR) is 88.0 cm³/mol. The first kappa shape index (κ1) is 16.5. The van der Waals surface area contributed by atoms with E-state index < -0.39 is 5.91 Å². The molecule has 0 aliphatic rings. The van der Waals surface area contributed by atoms with E-state index in [-0.39, 0.29) is 5.91 Å². The fourth-order valence-corrected chi connectivity index (χ4v) is 2.02. The largest absolute Gasteiger partial charge is 0.494 e. The highest BCUT2D eigenvalue weighted by molar-refractivity contribution is 5.92. The van der Waals surface area contributed by atoms with Crippen LogP contribution in [0.2, 0.25) is 0 Å². The number of primary amides is 1. The Labute approximate surface area is 135 Å². The minimum atomic E-state index is -0.459. The number of carbonyl (C=O) groups is 2. The number of benzene rings is 2. The maximum atomic E-state index is 11.8. The maximum Gasteiger partial charge on any atom is 0.248 e. The molecule has 0 aliphatic heterocycles. The Kier molecular flexibility index (Phi) is 6.17. The number of ether oxygens (including phenoxy) is 1. The minimum absolute atomic E-state index is 0.0272. The SMILES string of the molecule is NC(=O)c1ccc(CNC(=O)CCCOc2ccccc2)cc1. The summed E-state index contributed by atoms with van der Waals surface area (Å²) in [7, 11) is 0. The lowest BCUT2D eigenvalue weighted by Crippen LogP contribution is -2.23. The van der Waals surface area contributed by atoms with E-state index in [4.69, 9.17) is 10.5 Å². The second-order valence-electron chi connectivity index (χ2n) is 5.10. The molecule has 0 heterocycles. The number of hydrogen-bond donors (Lipinski definition) is 2. The van der Waals surface area contributed by atoms with Crippen molar-refractivity contribution in [1.29, 1.82) is 0 Å². The van der Waals surface area contributed by atoms with E-state index in [0.29, 0.717) is 31.6 Å². The van der Waals surface area contributed by atoms with Crippen molar-refractivity contribution >= 4 is 11.8 Å². The number of carbonyl (C=O) groups excluding carboxylic acids is 2. The summed E-state index contributed by atoms with van der Waals surface area (Å²) in [6.07, 6.45) is 1.06. The molecule has 0 aliphatic carbocycles. The molecule has 5 nitrogen and oxygen atoms in total. The summed E-state index contributed by atoms with van der Waals surface area (Å²) in [6.45, 7) is 0.933. The molecule has 0 atom stereocenters. The summed E-state index contributed by atoms with van der Waals surface area (Å²) >= 11 is 0. The van der Waals surface area contributed by atoms with E-state index in [1.54, 1.807) is 24.3 Å². The van der Waals surface area contributed by atoms with Crippen LogP contribution < -0.4 is 15.8 Å². The summed E-state index contributed by atoms with van der Waals surface area (Å²) < 4.78 is 5.53. The molecule has 0 saturated carbocycles. The van der Waals surface area contributed by atoms with Crippen LogP contribution in [0.3, 0.4) is 0 Å². The third-order valence-electron chi connectivity index (χ3n) is 3.29. The lowest BCUT2D eigenvalue weighted by Gasteiger charge is -2.07. The van der Waals surface area contributed by atoms with Crippen molar-refractivity contribution < 1.29 is 14.3 Å². The molecule has 2 aromatic rings. The molecule has 2 rings (SSSR count). The fraction of sp³-hybridized carbons (Fsp3) is 0.222. The highest BCUT2D eigenvalue weighted by Crippen LogP contribution is 2.09. The molecule has 0 aromatic heterocycles. The number of rotatable bonds is 8. The van der Waals surface area contributed by atoms with Crippen LogP contribution in [-0.4, -0.2) is 18.4 Å². The summed E-state index contributed by atoms with van der Waals surface area (Å²) in [4.78, 5) is 22.7. The zero-order valence-corrected chi connectivity index (χ0v) is 12.8. The van der Waals surface area contributed by atoms with Gasteiger partial charge in [-0.1, -0.05) is 30.3 Å². The fourth-order valence-electron chi connectivity index (χ4n) is 2.02. The maximum absolute atomic E-state index is 11.8. The van der Waals surface area contributed by atoms with Crippen molar-refractivity contribution in [2.75, 3.05) is 6.61 Å². The molecule has 0 unspecified atom stereocenters. The summed E-state index contributed by atoms with van der Waals surface area (Å²) in [5, 5.41) is 2.84. The lowest BCUT2D eigenvalue weighted by molar-refractivity contribution is -0.121. The van der Waals surface area contributed by atoms with Crippen LogP contribution in [0.5, 0.6) is 5.75 Å². The Hall–Kier alpha value is -2.82. The summed E-state index contributed by atoms with van der Waals surface area (Å²) in [5.74, 6) is 0.321. The third kappa shape index (κ3) is 5.82. The molecule has 23 heavy (non-hydrogen) atoms. The van der Waals surface area contributed by atoms with Crippen molar-refractivity contribution in [2.45, 2.75) is 19.4 Å². The van der Waals surface area contributed by atoms with Crippen molar-refractivity contribution in [3.63, 3.8) is 0 Å². The van der Waals surface area contributed by atoms with Gasteiger partial charge in [0.05, 0.1) is 6.61 Å². The quantitative estimate of drug-likeness (QED) is 0.734. The lowest BCUT2D eigenvalue weighted by atomic mass is 10.1. The zero-order valence-electron chi connectivity index (χ0n) is 12.8. The predicted octanol–water partition coefficient (Wildman–Crippen LogP) is 2.26. The molecule has 120 valence electrons. The number of nitrogens with two attached hydrogens (primary N) is 1. The van der Waals surface area contributed by atoms with Gasteiger partial charge in [0.15, 0.2) is 0 Å². The molecule has 2 amide bonds. The standard InChI is InChI=1S/C18H20N2O3/c19-18(22)15-10-8-14(9-11-15)13-20-17(21)7-4-12-23-16-5-2-1-3-6-16/h1-3,5-6,8-11H,4,7,12-13H2,(H2,19,22)(H,20,21). The van der Waals surface area contributed by atoms with Crippen molar-refractivity contribution in [3.8, 4) is 5.75 Å². The average molecular weight is 312 g/mol. The molecule has 0 fully saturated rings. The van der Waals surface area contributed by atoms with Crippen LogP contribution >= 0.6 is 0 Å². The first-order chi connectivity index (χ1) is 11.1. The second-order valence-corrected chi connectivity index (χ2v) is 5.10. The van der Waals surface area contributed by atoms with Gasteiger partial charge in [0.25, 0.3) is 0 Å². The second kappa shape index (κ2) is 8.58. The van der Waals surface area contributed by atoms with Crippen LogP contribution in [0.4, 0.5) is 0 Å². The minimum Gasteiger partial charge on any atom is -0.494 e. The number of amides is 2. The van der Waals surface area contributed by atoms with Gasteiger partial charge in [-0.3, -0.25) is 9.59 Å². The normalized spacial score (nSPS) is 10.1. The van der Waals surface area contributed by atoms with E-state index in [2.05, 4.69) is 5.32 Å². The van der Waals surface area contributed by atoms with Crippen LogP contribution in [0.1, 0.15) is 28.8 Å². The molecule has 0 radical (unpaired) electrons. The highest BCUT2D eigenvalue weighted by atomic mass is 16.5. The van der Waals surface area contributed by atoms with Gasteiger partial charge in [-0.25, -0.2) is 0 Å². The van der Waals surface area contributed by atoms with Gasteiger partial charge in [-0.15, -0.1) is 0 Å². The molecule has 0 saturated heterocycles. The van der Waals surface area contributed by atoms with Crippen LogP contribution in [0.15, 0.2) is 54.6 Å². The van der Waals surface area contributed by atoms with Gasteiger partial charge in [0.2, 0.25) is 11.8 Å². The van der Waals surface area contributed by atoms with Crippen LogP contribution in [-0.2, 0) is 11.3 Å². The van der Waals surface area contributed by atoms with Crippen molar-refractivity contribution in [2.24, 2.45) is 5.73 Å². The Morgan fingerprint density at radius 2 is 1.70 bits per heavy atom. The molecule has 5 heteroatoms. The Balaban J connectivity index is 1.64. The molecular formula is C18H20N2O3. The molecule has 0 spiro atoms. The number of para-hydroxylation sites is 1. The average Bonchev–Trinajstić information content (AvgIpc) is 2.58. The van der Waals surface area contributed by atoms with Crippen molar-refractivity contribution in [3.05, 3.63) is 65.7 Å². The number of nitrogens with one attached hydrogen (secondary N) is 1. The van der Waals surface area contributed by atoms with E-state index >= 15 is 0 Å². The van der Waals surface area contributed by atoms with Crippen LogP contribution in [0.25, 0.3) is 0 Å². The highest BCUT2D eigenvalue weighted by Gasteiger charge is 2.03. The van der Waals surface area contributed by atoms with Gasteiger partial charge in [-0.2, -0.15) is 0 Å². The molecular weight excluding hydrogens is 292 g/mol. The van der Waals surface area contributed by atoms with Gasteiger partial charge in [-0.05, 0) is 36.2 Å². The zero-order chi connectivity index (χ0) is 16.5. The summed E-state index contributed by atoms with van der Waals surface area (Å²) in [5.41, 5.74) is 6.55. The van der Waals surface area contributed by atoms with E-state index in [1.807, 2.05) is 30.3 Å². The third-order valence-corrected chi connectivity index (χ3v) is 3.29.